The van der Waals surface area contributed by atoms with Gasteiger partial charge in [-0.2, -0.15) is 13.2 Å². The van der Waals surface area contributed by atoms with Crippen molar-refractivity contribution in [1.82, 2.24) is 0 Å². The Kier molecular flexibility index (Phi) is 7.03. The molecule has 0 aromatic heterocycles. The zero-order valence-corrected chi connectivity index (χ0v) is 18.9. The average molecular weight is 484 g/mol. The summed E-state index contributed by atoms with van der Waals surface area (Å²) in [5, 5.41) is 11.7. The van der Waals surface area contributed by atoms with Crippen LogP contribution < -0.4 is 16.6 Å². The lowest BCUT2D eigenvalue weighted by Gasteiger charge is -2.33. The van der Waals surface area contributed by atoms with Gasteiger partial charge >= 0.3 is 6.18 Å². The van der Waals surface area contributed by atoms with Gasteiger partial charge < -0.3 is 26.1 Å². The number of nitrogen functional groups attached to an aromatic ring is 2. The molecule has 1 fully saturated rings. The van der Waals surface area contributed by atoms with Crippen LogP contribution >= 0.6 is 0 Å². The molecule has 0 saturated heterocycles. The minimum absolute atomic E-state index is 0.0128. The molecule has 1 saturated carbocycles. The third-order valence-electron chi connectivity index (χ3n) is 6.51. The third kappa shape index (κ3) is 5.59. The SMILES string of the molecule is Nc1cc(N)c(C2CCC(OC(c3ccccc3)c3ccc(C(F)(F)F)cc3)CC2)c(C(=O)[O-])c1. The molecular weight excluding hydrogens is 457 g/mol. The molecule has 1 atom stereocenters. The molecule has 0 spiro atoms. The van der Waals surface area contributed by atoms with Crippen LogP contribution in [0.1, 0.15) is 70.3 Å². The fourth-order valence-corrected chi connectivity index (χ4v) is 4.83. The molecule has 0 amide bonds. The minimum Gasteiger partial charge on any atom is -0.545 e. The highest BCUT2D eigenvalue weighted by Crippen LogP contribution is 2.41. The van der Waals surface area contributed by atoms with Gasteiger partial charge in [0.2, 0.25) is 0 Å². The smallest absolute Gasteiger partial charge is 0.416 e. The van der Waals surface area contributed by atoms with E-state index in [-0.39, 0.29) is 23.3 Å². The van der Waals surface area contributed by atoms with Crippen molar-refractivity contribution < 1.29 is 27.8 Å². The van der Waals surface area contributed by atoms with Gasteiger partial charge in [-0.15, -0.1) is 0 Å². The molecule has 8 heteroatoms. The minimum atomic E-state index is -4.41. The first kappa shape index (κ1) is 24.6. The summed E-state index contributed by atoms with van der Waals surface area (Å²) in [6.07, 6.45) is -2.51. The first-order chi connectivity index (χ1) is 16.6. The van der Waals surface area contributed by atoms with Gasteiger partial charge in [-0.25, -0.2) is 0 Å². The number of alkyl halides is 3. The summed E-state index contributed by atoms with van der Waals surface area (Å²) in [5.74, 6) is -1.39. The molecule has 1 aliphatic rings. The molecule has 35 heavy (non-hydrogen) atoms. The first-order valence-electron chi connectivity index (χ1n) is 11.4. The first-order valence-corrected chi connectivity index (χ1v) is 11.4. The maximum atomic E-state index is 13.0. The Balaban J connectivity index is 1.52. The van der Waals surface area contributed by atoms with Crippen molar-refractivity contribution >= 4 is 17.3 Å². The summed E-state index contributed by atoms with van der Waals surface area (Å²) in [6.45, 7) is 0. The van der Waals surface area contributed by atoms with E-state index >= 15 is 0 Å². The summed E-state index contributed by atoms with van der Waals surface area (Å²) in [5.41, 5.74) is 13.8. The highest BCUT2D eigenvalue weighted by Gasteiger charge is 2.32. The molecule has 3 aromatic carbocycles. The van der Waals surface area contributed by atoms with Gasteiger partial charge in [0.1, 0.15) is 6.10 Å². The second-order valence-corrected chi connectivity index (χ2v) is 8.88. The van der Waals surface area contributed by atoms with Gasteiger partial charge in [-0.1, -0.05) is 42.5 Å². The molecule has 0 heterocycles. The Bertz CT molecular complexity index is 1170. The number of carbonyl (C=O) groups is 1. The molecule has 1 unspecified atom stereocenters. The number of rotatable bonds is 6. The largest absolute Gasteiger partial charge is 0.545 e. The number of hydrogen-bond acceptors (Lipinski definition) is 5. The van der Waals surface area contributed by atoms with Crippen molar-refractivity contribution in [2.24, 2.45) is 0 Å². The third-order valence-corrected chi connectivity index (χ3v) is 6.51. The second-order valence-electron chi connectivity index (χ2n) is 8.88. The molecule has 0 radical (unpaired) electrons. The summed E-state index contributed by atoms with van der Waals surface area (Å²) < 4.78 is 45.5. The van der Waals surface area contributed by atoms with Crippen LogP contribution in [0.2, 0.25) is 0 Å². The van der Waals surface area contributed by atoms with E-state index < -0.39 is 23.8 Å². The van der Waals surface area contributed by atoms with Crippen molar-refractivity contribution in [3.05, 3.63) is 94.5 Å². The summed E-state index contributed by atoms with van der Waals surface area (Å²) in [6, 6.07) is 17.3. The van der Waals surface area contributed by atoms with Crippen molar-refractivity contribution in [1.29, 1.82) is 0 Å². The number of carbonyl (C=O) groups excluding carboxylic acids is 1. The van der Waals surface area contributed by atoms with Gasteiger partial charge in [0.25, 0.3) is 0 Å². The number of halogens is 3. The number of ether oxygens (including phenoxy) is 1. The van der Waals surface area contributed by atoms with Gasteiger partial charge in [0.05, 0.1) is 17.6 Å². The van der Waals surface area contributed by atoms with Crippen molar-refractivity contribution in [2.75, 3.05) is 11.5 Å². The maximum absolute atomic E-state index is 13.0. The number of carboxylic acids is 1. The molecule has 184 valence electrons. The second kappa shape index (κ2) is 10.00. The van der Waals surface area contributed by atoms with Gasteiger partial charge in [0, 0.05) is 16.9 Å². The quantitative estimate of drug-likeness (QED) is 0.477. The van der Waals surface area contributed by atoms with E-state index in [1.165, 1.54) is 18.2 Å². The van der Waals surface area contributed by atoms with E-state index in [2.05, 4.69) is 0 Å². The lowest BCUT2D eigenvalue weighted by Crippen LogP contribution is -2.28. The number of nitrogens with two attached hydrogens (primary N) is 2. The molecule has 4 rings (SSSR count). The number of benzene rings is 3. The molecular formula is C27H26F3N2O3-. The normalized spacial score (nSPS) is 19.3. The van der Waals surface area contributed by atoms with Gasteiger partial charge in [-0.05, 0) is 72.6 Å². The number of hydrogen-bond donors (Lipinski definition) is 2. The zero-order valence-electron chi connectivity index (χ0n) is 18.9. The zero-order chi connectivity index (χ0) is 25.2. The van der Waals surface area contributed by atoms with Crippen LogP contribution in [0.4, 0.5) is 24.5 Å². The fraction of sp³-hybridized carbons (Fsp3) is 0.296. The van der Waals surface area contributed by atoms with Crippen LogP contribution in [0.25, 0.3) is 0 Å². The van der Waals surface area contributed by atoms with Gasteiger partial charge in [-0.3, -0.25) is 0 Å². The Morgan fingerprint density at radius 3 is 2.09 bits per heavy atom. The maximum Gasteiger partial charge on any atom is 0.416 e. The predicted octanol–water partition coefficient (Wildman–Crippen LogP) is 5.07. The molecule has 5 nitrogen and oxygen atoms in total. The number of aromatic carboxylic acids is 1. The van der Waals surface area contributed by atoms with E-state index in [1.807, 2.05) is 30.3 Å². The van der Waals surface area contributed by atoms with Crippen LogP contribution in [0, 0.1) is 0 Å². The Labute approximate surface area is 201 Å². The van der Waals surface area contributed by atoms with Crippen molar-refractivity contribution in [3.8, 4) is 0 Å². The molecule has 0 bridgehead atoms. The van der Waals surface area contributed by atoms with Crippen molar-refractivity contribution in [3.63, 3.8) is 0 Å². The fourth-order valence-electron chi connectivity index (χ4n) is 4.83. The lowest BCUT2D eigenvalue weighted by molar-refractivity contribution is -0.255. The standard InChI is InChI=1S/C27H27F3N2O3/c28-27(29,30)19-10-6-18(7-11-19)25(17-4-2-1-3-5-17)35-21-12-8-16(9-13-21)24-22(26(33)34)14-20(31)15-23(24)32/h1-7,10-11,14-16,21,25H,8-9,12-13,31-32H2,(H,33,34)/p-1. The van der Waals surface area contributed by atoms with E-state index in [1.54, 1.807) is 6.07 Å². The lowest BCUT2D eigenvalue weighted by atomic mass is 9.80. The molecule has 3 aromatic rings. The van der Waals surface area contributed by atoms with Crippen LogP contribution in [0.3, 0.4) is 0 Å². The Hall–Kier alpha value is -3.52. The van der Waals surface area contributed by atoms with Crippen LogP contribution in [0.15, 0.2) is 66.7 Å². The van der Waals surface area contributed by atoms with Crippen LogP contribution in [-0.4, -0.2) is 12.1 Å². The van der Waals surface area contributed by atoms with E-state index in [0.717, 1.165) is 17.7 Å². The summed E-state index contributed by atoms with van der Waals surface area (Å²) in [7, 11) is 0. The van der Waals surface area contributed by atoms with E-state index in [0.29, 0.717) is 42.5 Å². The Morgan fingerprint density at radius 1 is 0.914 bits per heavy atom. The molecule has 4 N–H and O–H groups in total. The van der Waals surface area contributed by atoms with E-state index in [9.17, 15) is 23.1 Å². The average Bonchev–Trinajstić information content (AvgIpc) is 2.83. The highest BCUT2D eigenvalue weighted by atomic mass is 19.4. The summed E-state index contributed by atoms with van der Waals surface area (Å²) in [4.78, 5) is 11.7. The monoisotopic (exact) mass is 483 g/mol. The Morgan fingerprint density at radius 2 is 1.51 bits per heavy atom. The van der Waals surface area contributed by atoms with Gasteiger partial charge in [0.15, 0.2) is 0 Å². The highest BCUT2D eigenvalue weighted by molar-refractivity contribution is 5.91. The van der Waals surface area contributed by atoms with Crippen LogP contribution in [0.5, 0.6) is 0 Å². The van der Waals surface area contributed by atoms with Crippen molar-refractivity contribution in [2.45, 2.75) is 50.0 Å². The molecule has 1 aliphatic carbocycles. The van der Waals surface area contributed by atoms with Crippen LogP contribution in [-0.2, 0) is 10.9 Å². The number of carboxylic acid groups (broad SMARTS) is 1. The summed E-state index contributed by atoms with van der Waals surface area (Å²) >= 11 is 0. The van der Waals surface area contributed by atoms with E-state index in [4.69, 9.17) is 16.2 Å². The number of anilines is 2. The predicted molar refractivity (Wildman–Crippen MR) is 125 cm³/mol. The molecule has 0 aliphatic heterocycles. The topological polar surface area (TPSA) is 101 Å².